The van der Waals surface area contributed by atoms with Crippen molar-refractivity contribution in [2.24, 2.45) is 0 Å². The van der Waals surface area contributed by atoms with Crippen LogP contribution in [0.3, 0.4) is 0 Å². The number of aromatic nitrogens is 3. The van der Waals surface area contributed by atoms with Gasteiger partial charge in [0.15, 0.2) is 0 Å². The minimum absolute atomic E-state index is 0. The number of ether oxygens (including phenoxy) is 2. The molecule has 0 spiro atoms. The Balaban J connectivity index is 0.00000433. The quantitative estimate of drug-likeness (QED) is 0.144. The Labute approximate surface area is 292 Å². The van der Waals surface area contributed by atoms with Gasteiger partial charge in [0, 0.05) is 60.7 Å². The molecule has 0 atom stereocenters. The fourth-order valence-corrected chi connectivity index (χ4v) is 5.46. The van der Waals surface area contributed by atoms with E-state index in [1.165, 1.54) is 0 Å². The van der Waals surface area contributed by atoms with Gasteiger partial charge in [-0.15, -0.1) is 0 Å². The van der Waals surface area contributed by atoms with E-state index in [1.807, 2.05) is 67.6 Å². The van der Waals surface area contributed by atoms with Crippen molar-refractivity contribution >= 4 is 29.4 Å². The van der Waals surface area contributed by atoms with Crippen molar-refractivity contribution in [2.75, 3.05) is 50.6 Å². The molecule has 1 aliphatic heterocycles. The first-order valence-electron chi connectivity index (χ1n) is 15.7. The normalized spacial score (nSPS) is 15.9. The highest BCUT2D eigenvalue weighted by atomic mass is 127. The van der Waals surface area contributed by atoms with Crippen molar-refractivity contribution in [1.29, 1.82) is 0 Å². The Morgan fingerprint density at radius 1 is 1.02 bits per heavy atom. The second-order valence-electron chi connectivity index (χ2n) is 12.4. The molecule has 4 aromatic rings. The number of aryl methyl sites for hydroxylation is 1. The highest BCUT2D eigenvalue weighted by molar-refractivity contribution is 6.04. The van der Waals surface area contributed by atoms with Crippen LogP contribution in [0.1, 0.15) is 40.7 Å². The number of piperazine rings is 1. The van der Waals surface area contributed by atoms with Gasteiger partial charge in [-0.1, -0.05) is 12.1 Å². The number of amides is 1. The number of benzene rings is 2. The van der Waals surface area contributed by atoms with Gasteiger partial charge in [0.05, 0.1) is 25.8 Å². The lowest BCUT2D eigenvalue weighted by atomic mass is 9.96. The number of anilines is 3. The molecule has 1 amide bonds. The summed E-state index contributed by atoms with van der Waals surface area (Å²) in [6, 6.07) is 19.1. The zero-order chi connectivity index (χ0) is 31.9. The van der Waals surface area contributed by atoms with Crippen molar-refractivity contribution in [3.63, 3.8) is 0 Å². The van der Waals surface area contributed by atoms with Crippen molar-refractivity contribution in [3.05, 3.63) is 95.9 Å². The molecule has 47 heavy (non-hydrogen) atoms. The van der Waals surface area contributed by atoms with E-state index in [4.69, 9.17) is 9.47 Å². The van der Waals surface area contributed by atoms with Gasteiger partial charge in [0.25, 0.3) is 5.91 Å². The third kappa shape index (κ3) is 9.24. The molecule has 2 fully saturated rings. The predicted molar refractivity (Wildman–Crippen MR) is 175 cm³/mol. The number of quaternary nitrogens is 1. The van der Waals surface area contributed by atoms with E-state index in [1.54, 1.807) is 18.6 Å². The van der Waals surface area contributed by atoms with E-state index >= 15 is 0 Å². The molecule has 0 radical (unpaired) electrons. The number of hydrogen-bond donors (Lipinski definition) is 2. The second kappa shape index (κ2) is 15.6. The van der Waals surface area contributed by atoms with Gasteiger partial charge in [0.2, 0.25) is 12.7 Å². The average Bonchev–Trinajstić information content (AvgIpc) is 3.05. The summed E-state index contributed by atoms with van der Waals surface area (Å²) in [6.45, 7) is 6.66. The third-order valence-corrected chi connectivity index (χ3v) is 8.69. The minimum atomic E-state index is -0.547. The molecule has 1 saturated carbocycles. The molecule has 0 bridgehead atoms. The second-order valence-corrected chi connectivity index (χ2v) is 12.4. The molecule has 2 aromatic carbocycles. The summed E-state index contributed by atoms with van der Waals surface area (Å²) in [5.74, 6) is 0.315. The fourth-order valence-electron chi connectivity index (χ4n) is 5.46. The molecular formula is C35H40IN7O4. The minimum Gasteiger partial charge on any atom is -1.00 e. The first-order chi connectivity index (χ1) is 22.3. The smallest absolute Gasteiger partial charge is 0.512 e. The monoisotopic (exact) mass is 749 g/mol. The van der Waals surface area contributed by atoms with Crippen LogP contribution in [0.25, 0.3) is 11.3 Å². The van der Waals surface area contributed by atoms with Gasteiger partial charge < -0.3 is 44.1 Å². The van der Waals surface area contributed by atoms with E-state index in [9.17, 15) is 9.59 Å². The maximum atomic E-state index is 13.0. The lowest BCUT2D eigenvalue weighted by Gasteiger charge is -2.41. The van der Waals surface area contributed by atoms with Crippen LogP contribution in [-0.2, 0) is 16.0 Å². The predicted octanol–water partition coefficient (Wildman–Crippen LogP) is 2.77. The fraction of sp³-hybridized carbons (Fsp3) is 0.343. The average molecular weight is 750 g/mol. The summed E-state index contributed by atoms with van der Waals surface area (Å²) in [6.07, 6.45) is 7.69. The maximum absolute atomic E-state index is 13.0. The van der Waals surface area contributed by atoms with Crippen LogP contribution in [0.5, 0.6) is 0 Å². The van der Waals surface area contributed by atoms with E-state index in [2.05, 4.69) is 37.5 Å². The molecule has 12 heteroatoms. The molecule has 2 N–H and O–H groups in total. The highest BCUT2D eigenvalue weighted by Crippen LogP contribution is 2.25. The highest BCUT2D eigenvalue weighted by Gasteiger charge is 2.31. The first kappa shape index (κ1) is 34.2. The van der Waals surface area contributed by atoms with E-state index < -0.39 is 6.16 Å². The zero-order valence-corrected chi connectivity index (χ0v) is 28.9. The van der Waals surface area contributed by atoms with Crippen molar-refractivity contribution < 1.29 is 47.5 Å². The van der Waals surface area contributed by atoms with Crippen LogP contribution >= 0.6 is 0 Å². The molecule has 3 heterocycles. The maximum Gasteiger partial charge on any atom is 0.512 e. The number of hydrogen-bond acceptors (Lipinski definition) is 9. The van der Waals surface area contributed by atoms with Crippen LogP contribution in [0, 0.1) is 6.92 Å². The number of likely N-dealkylation sites (N-methyl/N-ethyl adjacent to an activating group) is 1. The van der Waals surface area contributed by atoms with Gasteiger partial charge in [-0.3, -0.25) is 19.2 Å². The van der Waals surface area contributed by atoms with Crippen LogP contribution < -0.4 is 34.6 Å². The Hall–Kier alpha value is -4.14. The van der Waals surface area contributed by atoms with Crippen LogP contribution in [0.4, 0.5) is 22.1 Å². The summed E-state index contributed by atoms with van der Waals surface area (Å²) < 4.78 is 11.4. The summed E-state index contributed by atoms with van der Waals surface area (Å²) in [5, 5.41) is 6.28. The largest absolute Gasteiger partial charge is 1.00 e. The zero-order valence-electron chi connectivity index (χ0n) is 26.7. The number of carbonyl (C=O) groups is 2. The molecule has 6 rings (SSSR count). The number of halogens is 1. The lowest BCUT2D eigenvalue weighted by molar-refractivity contribution is -0.929. The molecular weight excluding hydrogens is 709 g/mol. The van der Waals surface area contributed by atoms with Crippen LogP contribution in [-0.4, -0.2) is 82.5 Å². The van der Waals surface area contributed by atoms with Gasteiger partial charge >= 0.3 is 6.16 Å². The Bertz CT molecular complexity index is 1660. The van der Waals surface area contributed by atoms with Crippen molar-refractivity contribution in [3.8, 4) is 11.3 Å². The first-order valence-corrected chi connectivity index (χ1v) is 15.7. The van der Waals surface area contributed by atoms with Crippen LogP contribution in [0.15, 0.2) is 79.3 Å². The number of rotatable bonds is 10. The van der Waals surface area contributed by atoms with Gasteiger partial charge in [0.1, 0.15) is 6.10 Å². The Morgan fingerprint density at radius 2 is 1.81 bits per heavy atom. The Morgan fingerprint density at radius 3 is 2.49 bits per heavy atom. The molecule has 0 unspecified atom stereocenters. The number of carbonyl (C=O) groups excluding carboxylic acids is 2. The summed E-state index contributed by atoms with van der Waals surface area (Å²) in [7, 11) is 2.12. The molecule has 246 valence electrons. The van der Waals surface area contributed by atoms with Crippen molar-refractivity contribution in [2.45, 2.75) is 38.8 Å². The van der Waals surface area contributed by atoms with E-state index in [0.717, 1.165) is 80.1 Å². The molecule has 2 aliphatic rings. The molecule has 1 aliphatic carbocycles. The van der Waals surface area contributed by atoms with Crippen LogP contribution in [0.2, 0.25) is 0 Å². The van der Waals surface area contributed by atoms with Gasteiger partial charge in [-0.25, -0.2) is 14.8 Å². The SMILES string of the molecule is Cc1cc(NC(=O)c2ccc(CN3CC[N+](C)(COC(=O)OC4CCC4)CC3)cc2)ccc1Nc1nccc(-c2cccnc2)n1.[I-]. The van der Waals surface area contributed by atoms with E-state index in [-0.39, 0.29) is 36.0 Å². The standard InChI is InChI=1S/C35H39N7O4.HI/c1-25-21-29(12-13-31(25)39-34-37-16-14-32(40-34)28-5-4-15-36-22-28)38-33(43)27-10-8-26(9-11-27)23-41-17-19-42(2,20-18-41)24-45-35(44)46-30-6-3-7-30;/h4-5,8-16,21-22,30H,3,6-7,17-20,23-24H2,1-2H3,(H-,37,38,39,40,43);1H. The van der Waals surface area contributed by atoms with Crippen molar-refractivity contribution in [1.82, 2.24) is 19.9 Å². The molecule has 11 nitrogen and oxygen atoms in total. The van der Waals surface area contributed by atoms with Gasteiger partial charge in [-0.2, -0.15) is 0 Å². The van der Waals surface area contributed by atoms with E-state index in [0.29, 0.717) is 28.4 Å². The van der Waals surface area contributed by atoms with Gasteiger partial charge in [-0.05, 0) is 85.8 Å². The third-order valence-electron chi connectivity index (χ3n) is 8.69. The lowest BCUT2D eigenvalue weighted by Crippen LogP contribution is -3.00. The summed E-state index contributed by atoms with van der Waals surface area (Å²) in [4.78, 5) is 40.5. The molecule has 2 aromatic heterocycles. The summed E-state index contributed by atoms with van der Waals surface area (Å²) >= 11 is 0. The molecule has 1 saturated heterocycles. The number of pyridine rings is 1. The summed E-state index contributed by atoms with van der Waals surface area (Å²) in [5.41, 5.74) is 5.93. The topological polar surface area (TPSA) is 119 Å². The Kier molecular flexibility index (Phi) is 11.4. The number of nitrogens with one attached hydrogen (secondary N) is 2. The number of nitrogens with zero attached hydrogens (tertiary/aromatic N) is 5.